The Kier molecular flexibility index (Phi) is 3.77. The molecule has 128 valence electrons. The molecule has 8 nitrogen and oxygen atoms in total. The molecular weight excluding hydrogens is 336 g/mol. The number of anilines is 2. The molecule has 4 rings (SSSR count). The fourth-order valence-electron chi connectivity index (χ4n) is 2.77. The average Bonchev–Trinajstić information content (AvgIpc) is 3.23. The molecule has 3 aromatic rings. The molecule has 1 aromatic heterocycles. The number of nitrogens with one attached hydrogen (secondary N) is 1. The van der Waals surface area contributed by atoms with Gasteiger partial charge in [0.25, 0.3) is 11.7 Å². The highest BCUT2D eigenvalue weighted by atomic mass is 16.5. The molecule has 1 aliphatic heterocycles. The van der Waals surface area contributed by atoms with Gasteiger partial charge in [-0.25, -0.2) is 0 Å². The van der Waals surface area contributed by atoms with Crippen molar-refractivity contribution < 1.29 is 18.9 Å². The number of carbonyl (C=O) groups excluding carboxylic acids is 3. The highest BCUT2D eigenvalue weighted by Crippen LogP contribution is 2.32. The molecule has 0 atom stereocenters. The quantitative estimate of drug-likeness (QED) is 0.559. The predicted octanol–water partition coefficient (Wildman–Crippen LogP) is 2.03. The smallest absolute Gasteiger partial charge is 0.299 e. The molecule has 1 N–H and O–H groups in total. The van der Waals surface area contributed by atoms with Crippen molar-refractivity contribution in [1.82, 2.24) is 10.1 Å². The fraction of sp³-hybridized carbons (Fsp3) is 0.0556. The standard InChI is InChI=1S/C18H12N4O4/c23-10-19-12-6-7-14-13(8-12)16(24)18(25)22(14)9-15-20-17(21-26-15)11-4-2-1-3-5-11/h1-8,10H,9H2,(H,19,23). The van der Waals surface area contributed by atoms with Gasteiger partial charge in [0.1, 0.15) is 6.54 Å². The average molecular weight is 348 g/mol. The molecule has 1 aliphatic rings. The van der Waals surface area contributed by atoms with E-state index in [0.29, 0.717) is 23.6 Å². The lowest BCUT2D eigenvalue weighted by Gasteiger charge is -2.13. The Morgan fingerprint density at radius 3 is 2.69 bits per heavy atom. The van der Waals surface area contributed by atoms with Gasteiger partial charge < -0.3 is 9.84 Å². The summed E-state index contributed by atoms with van der Waals surface area (Å²) < 4.78 is 5.22. The van der Waals surface area contributed by atoms with E-state index < -0.39 is 11.7 Å². The lowest BCUT2D eigenvalue weighted by Crippen LogP contribution is -2.29. The third-order valence-corrected chi connectivity index (χ3v) is 3.99. The molecule has 0 aliphatic carbocycles. The highest BCUT2D eigenvalue weighted by molar-refractivity contribution is 6.52. The molecule has 0 radical (unpaired) electrons. The molecule has 2 heterocycles. The van der Waals surface area contributed by atoms with Gasteiger partial charge in [0.2, 0.25) is 18.1 Å². The van der Waals surface area contributed by atoms with Crippen LogP contribution < -0.4 is 10.2 Å². The minimum atomic E-state index is -0.678. The Labute approximate surface area is 147 Å². The van der Waals surface area contributed by atoms with Crippen LogP contribution in [0.4, 0.5) is 11.4 Å². The number of ketones is 1. The molecule has 0 fully saturated rings. The van der Waals surface area contributed by atoms with Gasteiger partial charge in [-0.2, -0.15) is 4.98 Å². The first-order chi connectivity index (χ1) is 12.7. The van der Waals surface area contributed by atoms with E-state index in [2.05, 4.69) is 15.5 Å². The Morgan fingerprint density at radius 1 is 1.12 bits per heavy atom. The number of hydrogen-bond donors (Lipinski definition) is 1. The van der Waals surface area contributed by atoms with Crippen molar-refractivity contribution in [2.24, 2.45) is 0 Å². The van der Waals surface area contributed by atoms with Gasteiger partial charge in [0.15, 0.2) is 0 Å². The monoisotopic (exact) mass is 348 g/mol. The zero-order chi connectivity index (χ0) is 18.1. The summed E-state index contributed by atoms with van der Waals surface area (Å²) in [6, 6.07) is 13.9. The maximum Gasteiger partial charge on any atom is 0.299 e. The highest BCUT2D eigenvalue weighted by Gasteiger charge is 2.37. The third-order valence-electron chi connectivity index (χ3n) is 3.99. The normalized spacial score (nSPS) is 13.0. The van der Waals surface area contributed by atoms with Crippen LogP contribution in [0.5, 0.6) is 0 Å². The third kappa shape index (κ3) is 2.63. The van der Waals surface area contributed by atoms with Crippen molar-refractivity contribution in [2.45, 2.75) is 6.54 Å². The molecule has 0 saturated carbocycles. The summed E-state index contributed by atoms with van der Waals surface area (Å²) in [7, 11) is 0. The second-order valence-electron chi connectivity index (χ2n) is 5.59. The fourth-order valence-corrected chi connectivity index (χ4v) is 2.77. The number of hydrogen-bond acceptors (Lipinski definition) is 6. The van der Waals surface area contributed by atoms with Crippen LogP contribution in [0.1, 0.15) is 16.2 Å². The zero-order valence-corrected chi connectivity index (χ0v) is 13.4. The number of rotatable bonds is 5. The second kappa shape index (κ2) is 6.25. The van der Waals surface area contributed by atoms with Crippen LogP contribution in [-0.2, 0) is 16.1 Å². The van der Waals surface area contributed by atoms with Crippen molar-refractivity contribution in [3.63, 3.8) is 0 Å². The van der Waals surface area contributed by atoms with Crippen LogP contribution >= 0.6 is 0 Å². The number of carbonyl (C=O) groups is 3. The lowest BCUT2D eigenvalue weighted by molar-refractivity contribution is -0.114. The van der Waals surface area contributed by atoms with E-state index in [0.717, 1.165) is 5.56 Å². The summed E-state index contributed by atoms with van der Waals surface area (Å²) >= 11 is 0. The number of benzene rings is 2. The Hall–Kier alpha value is -3.81. The summed E-state index contributed by atoms with van der Waals surface area (Å²) in [6.45, 7) is -0.0160. The number of aromatic nitrogens is 2. The van der Waals surface area contributed by atoms with Crippen LogP contribution in [0.25, 0.3) is 11.4 Å². The van der Waals surface area contributed by atoms with Crippen molar-refractivity contribution in [3.05, 3.63) is 60.0 Å². The minimum Gasteiger partial charge on any atom is -0.337 e. The van der Waals surface area contributed by atoms with Crippen molar-refractivity contribution in [3.8, 4) is 11.4 Å². The molecule has 0 saturated heterocycles. The Morgan fingerprint density at radius 2 is 1.92 bits per heavy atom. The molecule has 26 heavy (non-hydrogen) atoms. The zero-order valence-electron chi connectivity index (χ0n) is 13.4. The predicted molar refractivity (Wildman–Crippen MR) is 91.4 cm³/mol. The van der Waals surface area contributed by atoms with Crippen molar-refractivity contribution in [2.75, 3.05) is 10.2 Å². The van der Waals surface area contributed by atoms with Gasteiger partial charge in [0, 0.05) is 11.3 Å². The summed E-state index contributed by atoms with van der Waals surface area (Å²) in [5.41, 5.74) is 1.89. The second-order valence-corrected chi connectivity index (χ2v) is 5.59. The summed E-state index contributed by atoms with van der Waals surface area (Å²) in [6.07, 6.45) is 0.504. The Bertz CT molecular complexity index is 1010. The molecule has 0 bridgehead atoms. The SMILES string of the molecule is O=CNc1ccc2c(c1)C(=O)C(=O)N2Cc1nc(-c2ccccc2)no1. The van der Waals surface area contributed by atoms with Crippen LogP contribution in [0.3, 0.4) is 0 Å². The molecular formula is C18H12N4O4. The van der Waals surface area contributed by atoms with Gasteiger partial charge >= 0.3 is 0 Å². The van der Waals surface area contributed by atoms with Gasteiger partial charge in [-0.05, 0) is 18.2 Å². The van der Waals surface area contributed by atoms with Crippen LogP contribution in [-0.4, -0.2) is 28.2 Å². The first-order valence-electron chi connectivity index (χ1n) is 7.76. The van der Waals surface area contributed by atoms with Crippen LogP contribution in [0, 0.1) is 0 Å². The first kappa shape index (κ1) is 15.7. The summed E-state index contributed by atoms with van der Waals surface area (Å²) in [4.78, 5) is 40.6. The van der Waals surface area contributed by atoms with E-state index in [1.54, 1.807) is 12.1 Å². The first-order valence-corrected chi connectivity index (χ1v) is 7.76. The van der Waals surface area contributed by atoms with Gasteiger partial charge in [-0.1, -0.05) is 35.5 Å². The van der Waals surface area contributed by atoms with E-state index >= 15 is 0 Å². The van der Waals surface area contributed by atoms with E-state index in [-0.39, 0.29) is 18.0 Å². The van der Waals surface area contributed by atoms with Crippen molar-refractivity contribution >= 4 is 29.5 Å². The van der Waals surface area contributed by atoms with E-state index in [4.69, 9.17) is 4.52 Å². The van der Waals surface area contributed by atoms with Gasteiger partial charge in [0.05, 0.1) is 11.3 Å². The topological polar surface area (TPSA) is 105 Å². The largest absolute Gasteiger partial charge is 0.337 e. The summed E-state index contributed by atoms with van der Waals surface area (Å²) in [5, 5.41) is 6.36. The molecule has 2 aromatic carbocycles. The van der Waals surface area contributed by atoms with Gasteiger partial charge in [-0.3, -0.25) is 19.3 Å². The van der Waals surface area contributed by atoms with E-state index in [9.17, 15) is 14.4 Å². The molecule has 0 unspecified atom stereocenters. The molecule has 0 spiro atoms. The summed E-state index contributed by atoms with van der Waals surface area (Å²) in [5.74, 6) is -0.697. The molecule has 8 heteroatoms. The number of amides is 2. The number of Topliss-reactive ketones (excluding diaryl/α,β-unsaturated/α-hetero) is 1. The lowest BCUT2D eigenvalue weighted by atomic mass is 10.1. The maximum atomic E-state index is 12.3. The van der Waals surface area contributed by atoms with Crippen LogP contribution in [0.2, 0.25) is 0 Å². The molecule has 2 amide bonds. The van der Waals surface area contributed by atoms with E-state index in [1.165, 1.54) is 11.0 Å². The van der Waals surface area contributed by atoms with E-state index in [1.807, 2.05) is 30.3 Å². The van der Waals surface area contributed by atoms with Crippen molar-refractivity contribution in [1.29, 1.82) is 0 Å². The minimum absolute atomic E-state index is 0.0160. The Balaban J connectivity index is 1.62. The van der Waals surface area contributed by atoms with Crippen LogP contribution in [0.15, 0.2) is 53.1 Å². The van der Waals surface area contributed by atoms with Gasteiger partial charge in [-0.15, -0.1) is 0 Å². The number of fused-ring (bicyclic) bond motifs is 1. The number of nitrogens with zero attached hydrogens (tertiary/aromatic N) is 3. The maximum absolute atomic E-state index is 12.3.